The van der Waals surface area contributed by atoms with Gasteiger partial charge in [0.05, 0.1) is 11.4 Å². The van der Waals surface area contributed by atoms with Crippen LogP contribution in [0.2, 0.25) is 0 Å². The van der Waals surface area contributed by atoms with Gasteiger partial charge in [0.25, 0.3) is 11.8 Å². The Hall–Kier alpha value is -6.26. The number of carbonyl (C=O) groups is 4. The van der Waals surface area contributed by atoms with Crippen LogP contribution in [0.1, 0.15) is 16.2 Å². The number of para-hydroxylation sites is 2. The predicted octanol–water partition coefficient (Wildman–Crippen LogP) is 3.29. The van der Waals surface area contributed by atoms with Crippen LogP contribution < -0.4 is 21.5 Å². The summed E-state index contributed by atoms with van der Waals surface area (Å²) in [5.41, 5.74) is 0.676. The van der Waals surface area contributed by atoms with Gasteiger partial charge in [-0.15, -0.1) is 22.7 Å². The van der Waals surface area contributed by atoms with Crippen LogP contribution in [0.25, 0.3) is 58.6 Å². The molecule has 46 heavy (non-hydrogen) atoms. The van der Waals surface area contributed by atoms with Crippen molar-refractivity contribution in [2.75, 3.05) is 0 Å². The summed E-state index contributed by atoms with van der Waals surface area (Å²) >= 11 is 2.01. The molecular formula is C30H16N8O6S2. The number of benzene rings is 3. The second-order valence-corrected chi connectivity index (χ2v) is 12.1. The van der Waals surface area contributed by atoms with E-state index in [2.05, 4.69) is 20.2 Å². The van der Waals surface area contributed by atoms with Gasteiger partial charge >= 0.3 is 6.03 Å². The summed E-state index contributed by atoms with van der Waals surface area (Å²) in [7, 11) is 0. The molecule has 5 heterocycles. The molecule has 0 aliphatic carbocycles. The van der Waals surface area contributed by atoms with Gasteiger partial charge in [0.2, 0.25) is 10.9 Å². The minimum atomic E-state index is -0.946. The summed E-state index contributed by atoms with van der Waals surface area (Å²) in [5.74, 6) is -1.83. The predicted molar refractivity (Wildman–Crippen MR) is 172 cm³/mol. The van der Waals surface area contributed by atoms with Crippen molar-refractivity contribution >= 4 is 94.0 Å². The fraction of sp³-hybridized carbons (Fsp3) is 0. The van der Waals surface area contributed by atoms with Crippen molar-refractivity contribution in [1.82, 2.24) is 40.2 Å². The Labute approximate surface area is 262 Å². The third-order valence-electron chi connectivity index (χ3n) is 7.30. The Balaban J connectivity index is 1.45. The van der Waals surface area contributed by atoms with Crippen LogP contribution in [0.3, 0.4) is 0 Å². The lowest BCUT2D eigenvalue weighted by atomic mass is 10.1. The highest BCUT2D eigenvalue weighted by atomic mass is 32.1. The number of amides is 4. The van der Waals surface area contributed by atoms with E-state index in [0.29, 0.717) is 32.8 Å². The number of aromatic amines is 2. The Morgan fingerprint density at radius 3 is 1.54 bits per heavy atom. The molecule has 0 atom stereocenters. The Kier molecular flexibility index (Phi) is 6.02. The summed E-state index contributed by atoms with van der Waals surface area (Å²) in [6.07, 6.45) is 1.79. The number of imide groups is 2. The monoisotopic (exact) mass is 648 g/mol. The highest BCUT2D eigenvalue weighted by molar-refractivity contribution is 7.25. The molecule has 1 saturated heterocycles. The molecule has 0 bridgehead atoms. The first-order valence-electron chi connectivity index (χ1n) is 13.5. The molecule has 1 fully saturated rings. The molecular weight excluding hydrogens is 633 g/mol. The number of carbonyl (C=O) groups excluding carboxylic acids is 4. The van der Waals surface area contributed by atoms with E-state index < -0.39 is 28.7 Å². The second kappa shape index (κ2) is 10.1. The number of H-pyrrole nitrogens is 2. The lowest BCUT2D eigenvalue weighted by Gasteiger charge is -2.13. The van der Waals surface area contributed by atoms with E-state index in [1.54, 1.807) is 36.4 Å². The van der Waals surface area contributed by atoms with Crippen LogP contribution in [0.15, 0.2) is 75.8 Å². The molecule has 4 aromatic heterocycles. The number of barbiturate groups is 1. The maximum atomic E-state index is 14.1. The van der Waals surface area contributed by atoms with Crippen LogP contribution >= 0.6 is 22.7 Å². The second-order valence-electron chi connectivity index (χ2n) is 10.1. The molecule has 0 radical (unpaired) electrons. The van der Waals surface area contributed by atoms with Crippen molar-refractivity contribution in [2.24, 2.45) is 0 Å². The van der Waals surface area contributed by atoms with Crippen molar-refractivity contribution in [3.8, 4) is 11.4 Å². The van der Waals surface area contributed by atoms with E-state index in [9.17, 15) is 28.8 Å². The minimum absolute atomic E-state index is 0.0135. The number of aldehydes is 1. The van der Waals surface area contributed by atoms with Gasteiger partial charge in [-0.1, -0.05) is 36.4 Å². The van der Waals surface area contributed by atoms with E-state index >= 15 is 0 Å². The molecule has 8 rings (SSSR count). The number of urea groups is 1. The number of aromatic nitrogens is 6. The number of fused-ring (bicyclic) bond motifs is 4. The summed E-state index contributed by atoms with van der Waals surface area (Å²) in [5, 5.41) is 13.1. The molecule has 0 unspecified atom stereocenters. The van der Waals surface area contributed by atoms with Crippen molar-refractivity contribution in [3.05, 3.63) is 98.1 Å². The zero-order valence-corrected chi connectivity index (χ0v) is 24.6. The van der Waals surface area contributed by atoms with Crippen LogP contribution in [0, 0.1) is 0 Å². The van der Waals surface area contributed by atoms with E-state index in [4.69, 9.17) is 0 Å². The number of nitrogens with one attached hydrogen (secondary N) is 4. The van der Waals surface area contributed by atoms with Crippen molar-refractivity contribution in [1.29, 1.82) is 0 Å². The van der Waals surface area contributed by atoms with Gasteiger partial charge < -0.3 is 9.97 Å². The third-order valence-corrected chi connectivity index (χ3v) is 9.62. The zero-order valence-electron chi connectivity index (χ0n) is 23.0. The fourth-order valence-electron chi connectivity index (χ4n) is 5.20. The highest BCUT2D eigenvalue weighted by Gasteiger charge is 2.29. The SMILES string of the molecule is O=Cc1nn(-c2ccccc2)c2sc3c(=O)c4[nH]c5c(C=C6C(=O)NC(=O)NC6=O)nn(-c6ccccc6)c5sc4c(=O)c3[nH]c12. The van der Waals surface area contributed by atoms with Gasteiger partial charge in [0.1, 0.15) is 52.4 Å². The topological polar surface area (TPSA) is 194 Å². The van der Waals surface area contributed by atoms with Gasteiger partial charge in [-0.25, -0.2) is 14.2 Å². The van der Waals surface area contributed by atoms with Crippen LogP contribution in [0.4, 0.5) is 4.79 Å². The van der Waals surface area contributed by atoms with Gasteiger partial charge in [-0.2, -0.15) is 10.2 Å². The largest absolute Gasteiger partial charge is 0.347 e. The Morgan fingerprint density at radius 2 is 1.07 bits per heavy atom. The molecule has 4 N–H and O–H groups in total. The summed E-state index contributed by atoms with van der Waals surface area (Å²) in [4.78, 5) is 83.7. The van der Waals surface area contributed by atoms with Crippen molar-refractivity contribution in [3.63, 3.8) is 0 Å². The van der Waals surface area contributed by atoms with Gasteiger partial charge in [-0.05, 0) is 30.3 Å². The van der Waals surface area contributed by atoms with Crippen molar-refractivity contribution in [2.45, 2.75) is 0 Å². The van der Waals surface area contributed by atoms with Crippen LogP contribution in [-0.2, 0) is 9.59 Å². The quantitative estimate of drug-likeness (QED) is 0.0966. The van der Waals surface area contributed by atoms with Crippen molar-refractivity contribution < 1.29 is 19.2 Å². The molecule has 14 nitrogen and oxygen atoms in total. The lowest BCUT2D eigenvalue weighted by Crippen LogP contribution is -2.51. The van der Waals surface area contributed by atoms with E-state index in [1.165, 1.54) is 15.4 Å². The summed E-state index contributed by atoms with van der Waals surface area (Å²) < 4.78 is 3.24. The molecule has 1 aliphatic rings. The van der Waals surface area contributed by atoms with E-state index in [-0.39, 0.29) is 42.9 Å². The third kappa shape index (κ3) is 4.08. The smallest absolute Gasteiger partial charge is 0.328 e. The lowest BCUT2D eigenvalue weighted by molar-refractivity contribution is -0.123. The molecule has 0 spiro atoms. The van der Waals surface area contributed by atoms with E-state index in [1.807, 2.05) is 34.9 Å². The molecule has 7 aromatic rings. The average Bonchev–Trinajstić information content (AvgIpc) is 3.62. The number of nitrogens with zero attached hydrogens (tertiary/aromatic N) is 4. The molecule has 3 aromatic carbocycles. The molecule has 1 aliphatic heterocycles. The van der Waals surface area contributed by atoms with Gasteiger partial charge in [0.15, 0.2) is 12.0 Å². The van der Waals surface area contributed by atoms with Gasteiger partial charge in [-0.3, -0.25) is 34.6 Å². The highest BCUT2D eigenvalue weighted by Crippen LogP contribution is 2.32. The minimum Gasteiger partial charge on any atom is -0.347 e. The number of hydrogen-bond donors (Lipinski definition) is 4. The normalized spacial score (nSPS) is 13.5. The summed E-state index contributed by atoms with van der Waals surface area (Å²) in [6.45, 7) is 0. The van der Waals surface area contributed by atoms with E-state index in [0.717, 1.165) is 22.7 Å². The molecule has 224 valence electrons. The summed E-state index contributed by atoms with van der Waals surface area (Å²) in [6, 6.07) is 17.0. The van der Waals surface area contributed by atoms with Gasteiger partial charge in [0, 0.05) is 0 Å². The fourth-order valence-corrected chi connectivity index (χ4v) is 7.45. The maximum Gasteiger partial charge on any atom is 0.328 e. The Bertz CT molecular complexity index is 2640. The molecule has 16 heteroatoms. The van der Waals surface area contributed by atoms with Crippen LogP contribution in [-0.4, -0.2) is 53.7 Å². The Morgan fingerprint density at radius 1 is 0.609 bits per heavy atom. The zero-order chi connectivity index (χ0) is 31.7. The number of rotatable bonds is 4. The first kappa shape index (κ1) is 27.3. The first-order chi connectivity index (χ1) is 22.3. The first-order valence-corrected chi connectivity index (χ1v) is 15.1. The average molecular weight is 649 g/mol. The number of hydrogen-bond acceptors (Lipinski definition) is 10. The maximum absolute atomic E-state index is 14.1. The van der Waals surface area contributed by atoms with Crippen LogP contribution in [0.5, 0.6) is 0 Å². The molecule has 0 saturated carbocycles. The molecule has 4 amide bonds. The standard InChI is InChI=1S/C30H16N8O6S2/c39-12-17-19-29(38(36-17)14-9-5-2-6-10-14)46-25-21(32-19)23(41)24-20(22(25)40)31-18-16(11-15-26(42)33-30(44)34-27(15)43)35-37(28(18)45-24)13-7-3-1-4-8-13/h1-12,31-32H,(H2,33,34,42,43,44).